The largest absolute Gasteiger partial charge is 0.353 e. The van der Waals surface area contributed by atoms with Gasteiger partial charge in [0.2, 0.25) is 0 Å². The number of carbonyl (C=O) groups excluding carboxylic acids is 1. The Hall–Kier alpha value is -1.23. The molecule has 2 N–H and O–H groups in total. The van der Waals surface area contributed by atoms with Gasteiger partial charge in [-0.15, -0.1) is 11.3 Å². The van der Waals surface area contributed by atoms with Crippen LogP contribution in [0.15, 0.2) is 18.2 Å². The van der Waals surface area contributed by atoms with Crippen molar-refractivity contribution in [2.75, 3.05) is 5.32 Å². The third kappa shape index (κ3) is 3.37. The summed E-state index contributed by atoms with van der Waals surface area (Å²) < 4.78 is 0. The van der Waals surface area contributed by atoms with Crippen LogP contribution in [0, 0.1) is 11.3 Å². The molecule has 144 valence electrons. The first-order valence-corrected chi connectivity index (χ1v) is 11.0. The van der Waals surface area contributed by atoms with Crippen LogP contribution < -0.4 is 10.6 Å². The van der Waals surface area contributed by atoms with Gasteiger partial charge in [0.25, 0.3) is 5.91 Å². The zero-order valence-electron chi connectivity index (χ0n) is 15.8. The average Bonchev–Trinajstić information content (AvgIpc) is 2.99. The Morgan fingerprint density at radius 1 is 1.26 bits per heavy atom. The summed E-state index contributed by atoms with van der Waals surface area (Å²) in [6.45, 7) is 6.99. The van der Waals surface area contributed by atoms with E-state index in [1.807, 2.05) is 6.07 Å². The summed E-state index contributed by atoms with van der Waals surface area (Å²) in [4.78, 5) is 14.3. The van der Waals surface area contributed by atoms with Crippen LogP contribution in [0.4, 0.5) is 5.00 Å². The number of halogens is 2. The van der Waals surface area contributed by atoms with E-state index < -0.39 is 0 Å². The SMILES string of the molecule is CCC(C)(C)[C@@H]1CCc2c(sc3c2C(=O)N[C@H](c2ccc(Cl)cc2Cl)N3)C1. The maximum absolute atomic E-state index is 12.9. The number of thiophene rings is 1. The highest BCUT2D eigenvalue weighted by Gasteiger charge is 2.37. The van der Waals surface area contributed by atoms with Crippen LogP contribution >= 0.6 is 34.5 Å². The molecule has 2 atom stereocenters. The molecule has 0 spiro atoms. The minimum absolute atomic E-state index is 0.00883. The molecule has 1 aliphatic heterocycles. The molecule has 0 saturated carbocycles. The summed E-state index contributed by atoms with van der Waals surface area (Å²) in [5.74, 6) is 0.658. The van der Waals surface area contributed by atoms with Crippen molar-refractivity contribution in [2.24, 2.45) is 11.3 Å². The predicted molar refractivity (Wildman–Crippen MR) is 114 cm³/mol. The number of amides is 1. The summed E-state index contributed by atoms with van der Waals surface area (Å²) in [5.41, 5.74) is 3.24. The van der Waals surface area contributed by atoms with E-state index in [-0.39, 0.29) is 12.1 Å². The fraction of sp³-hybridized carbons (Fsp3) is 0.476. The number of nitrogens with one attached hydrogen (secondary N) is 2. The van der Waals surface area contributed by atoms with Crippen molar-refractivity contribution < 1.29 is 4.79 Å². The van der Waals surface area contributed by atoms with E-state index in [1.54, 1.807) is 23.5 Å². The minimum Gasteiger partial charge on any atom is -0.353 e. The third-order valence-electron chi connectivity index (χ3n) is 6.33. The lowest BCUT2D eigenvalue weighted by molar-refractivity contribution is 0.0934. The van der Waals surface area contributed by atoms with Crippen molar-refractivity contribution in [1.29, 1.82) is 0 Å². The molecule has 0 saturated heterocycles. The summed E-state index contributed by atoms with van der Waals surface area (Å²) in [6, 6.07) is 5.36. The van der Waals surface area contributed by atoms with Crippen molar-refractivity contribution >= 4 is 45.4 Å². The summed E-state index contributed by atoms with van der Waals surface area (Å²) in [5, 5.41) is 8.66. The Morgan fingerprint density at radius 2 is 2.04 bits per heavy atom. The van der Waals surface area contributed by atoms with Crippen LogP contribution in [0.3, 0.4) is 0 Å². The first-order chi connectivity index (χ1) is 12.8. The molecular formula is C21H24Cl2N2OS. The highest BCUT2D eigenvalue weighted by Crippen LogP contribution is 2.47. The molecule has 1 amide bonds. The smallest absolute Gasteiger partial charge is 0.256 e. The predicted octanol–water partition coefficient (Wildman–Crippen LogP) is 6.45. The monoisotopic (exact) mass is 422 g/mol. The maximum Gasteiger partial charge on any atom is 0.256 e. The lowest BCUT2D eigenvalue weighted by atomic mass is 9.69. The first kappa shape index (κ1) is 19.1. The molecule has 2 aliphatic rings. The number of benzene rings is 1. The molecule has 2 aromatic rings. The third-order valence-corrected chi connectivity index (χ3v) is 8.08. The zero-order valence-corrected chi connectivity index (χ0v) is 18.1. The standard InChI is InChI=1S/C21H24Cl2N2OS/c1-4-21(2,3)11-5-7-14-16(9-11)27-20-17(14)19(26)24-18(25-20)13-8-6-12(22)10-15(13)23/h6,8,10-11,18,25H,4-5,7,9H2,1-3H3,(H,24,26)/t11-,18+/m1/s1. The van der Waals surface area contributed by atoms with Crippen LogP contribution in [-0.2, 0) is 12.8 Å². The van der Waals surface area contributed by atoms with Crippen LogP contribution in [0.5, 0.6) is 0 Å². The van der Waals surface area contributed by atoms with Crippen molar-refractivity contribution in [3.8, 4) is 0 Å². The molecule has 2 heterocycles. The number of fused-ring (bicyclic) bond motifs is 3. The van der Waals surface area contributed by atoms with Gasteiger partial charge in [0, 0.05) is 20.5 Å². The van der Waals surface area contributed by atoms with Crippen molar-refractivity contribution in [3.63, 3.8) is 0 Å². The van der Waals surface area contributed by atoms with Gasteiger partial charge < -0.3 is 10.6 Å². The Bertz CT molecular complexity index is 906. The minimum atomic E-state index is -0.335. The number of hydrogen-bond donors (Lipinski definition) is 2. The molecule has 0 bridgehead atoms. The van der Waals surface area contributed by atoms with Gasteiger partial charge >= 0.3 is 0 Å². The Morgan fingerprint density at radius 3 is 2.74 bits per heavy atom. The Labute approximate surface area is 174 Å². The molecule has 4 rings (SSSR count). The fourth-order valence-electron chi connectivity index (χ4n) is 4.15. The molecule has 0 fully saturated rings. The molecule has 1 aromatic heterocycles. The van der Waals surface area contributed by atoms with Gasteiger partial charge in [-0.2, -0.15) is 0 Å². The van der Waals surface area contributed by atoms with Gasteiger partial charge in [-0.1, -0.05) is 56.5 Å². The number of carbonyl (C=O) groups is 1. The van der Waals surface area contributed by atoms with E-state index in [0.717, 1.165) is 35.4 Å². The van der Waals surface area contributed by atoms with Gasteiger partial charge in [-0.25, -0.2) is 0 Å². The summed E-state index contributed by atoms with van der Waals surface area (Å²) in [7, 11) is 0. The topological polar surface area (TPSA) is 41.1 Å². The number of anilines is 1. The van der Waals surface area contributed by atoms with Gasteiger partial charge in [0.05, 0.1) is 5.56 Å². The zero-order chi connectivity index (χ0) is 19.3. The van der Waals surface area contributed by atoms with Gasteiger partial charge in [0.1, 0.15) is 11.2 Å². The molecule has 0 radical (unpaired) electrons. The first-order valence-electron chi connectivity index (χ1n) is 9.47. The quantitative estimate of drug-likeness (QED) is 0.596. The average molecular weight is 423 g/mol. The second kappa shape index (κ2) is 6.98. The molecule has 6 heteroatoms. The molecular weight excluding hydrogens is 399 g/mol. The van der Waals surface area contributed by atoms with Gasteiger partial charge in [-0.3, -0.25) is 4.79 Å². The maximum atomic E-state index is 12.9. The molecule has 27 heavy (non-hydrogen) atoms. The van der Waals surface area contributed by atoms with E-state index in [9.17, 15) is 4.79 Å². The van der Waals surface area contributed by atoms with E-state index in [1.165, 1.54) is 16.9 Å². The second-order valence-corrected chi connectivity index (χ2v) is 10.2. The van der Waals surface area contributed by atoms with Crippen LogP contribution in [0.1, 0.15) is 66.1 Å². The van der Waals surface area contributed by atoms with Crippen LogP contribution in [0.2, 0.25) is 10.0 Å². The lowest BCUT2D eigenvalue weighted by Gasteiger charge is -2.36. The van der Waals surface area contributed by atoms with Gasteiger partial charge in [0.15, 0.2) is 0 Å². The number of rotatable bonds is 3. The fourth-order valence-corrected chi connectivity index (χ4v) is 6.02. The highest BCUT2D eigenvalue weighted by atomic mass is 35.5. The molecule has 0 unspecified atom stereocenters. The summed E-state index contributed by atoms with van der Waals surface area (Å²) >= 11 is 14.1. The van der Waals surface area contributed by atoms with Gasteiger partial charge in [-0.05, 0) is 48.3 Å². The van der Waals surface area contributed by atoms with E-state index >= 15 is 0 Å². The van der Waals surface area contributed by atoms with E-state index in [4.69, 9.17) is 23.2 Å². The molecule has 3 nitrogen and oxygen atoms in total. The Balaban J connectivity index is 1.65. The molecule has 1 aromatic carbocycles. The van der Waals surface area contributed by atoms with Crippen LogP contribution in [0.25, 0.3) is 0 Å². The lowest BCUT2D eigenvalue weighted by Crippen LogP contribution is -2.38. The van der Waals surface area contributed by atoms with Crippen molar-refractivity contribution in [2.45, 2.75) is 52.6 Å². The second-order valence-electron chi connectivity index (χ2n) is 8.21. The summed E-state index contributed by atoms with van der Waals surface area (Å²) in [6.07, 6.45) is 4.04. The van der Waals surface area contributed by atoms with Crippen molar-refractivity contribution in [1.82, 2.24) is 5.32 Å². The number of hydrogen-bond acceptors (Lipinski definition) is 3. The molecule has 1 aliphatic carbocycles. The van der Waals surface area contributed by atoms with E-state index in [2.05, 4.69) is 31.4 Å². The normalized spacial score (nSPS) is 21.9. The van der Waals surface area contributed by atoms with Crippen LogP contribution in [-0.4, -0.2) is 5.91 Å². The highest BCUT2D eigenvalue weighted by molar-refractivity contribution is 7.16. The van der Waals surface area contributed by atoms with E-state index in [0.29, 0.717) is 21.4 Å². The Kier molecular flexibility index (Phi) is 4.94. The van der Waals surface area contributed by atoms with Crippen molar-refractivity contribution in [3.05, 3.63) is 49.8 Å².